The van der Waals surface area contributed by atoms with Crippen molar-refractivity contribution < 1.29 is 47.9 Å². The van der Waals surface area contributed by atoms with Crippen LogP contribution in [0, 0.1) is 6.92 Å². The molecule has 0 saturated heterocycles. The van der Waals surface area contributed by atoms with Crippen molar-refractivity contribution in [1.29, 1.82) is 0 Å². The molecule has 1 heterocycles. The fourth-order valence-corrected chi connectivity index (χ4v) is 4.12. The number of carboxylic acid groups (broad SMARTS) is 1. The second-order valence-electron chi connectivity index (χ2n) is 5.43. The number of hydrogen-bond donors (Lipinski definition) is 1. The number of aromatic nitrogens is 1. The molecule has 26 heavy (non-hydrogen) atoms. The first-order valence-corrected chi connectivity index (χ1v) is 9.51. The van der Waals surface area contributed by atoms with Crippen LogP contribution < -0.4 is 44.3 Å². The minimum atomic E-state index is -3.78. The Morgan fingerprint density at radius 2 is 1.85 bits per heavy atom. The molecule has 0 aliphatic rings. The third-order valence-electron chi connectivity index (χ3n) is 3.64. The van der Waals surface area contributed by atoms with Crippen LogP contribution in [-0.4, -0.2) is 19.0 Å². The van der Waals surface area contributed by atoms with Crippen molar-refractivity contribution in [3.8, 4) is 0 Å². The first-order valence-electron chi connectivity index (χ1n) is 7.21. The number of nitrogens with one attached hydrogen (secondary N) is 1. The quantitative estimate of drug-likeness (QED) is 0.394. The predicted molar refractivity (Wildman–Crippen MR) is 92.2 cm³/mol. The van der Waals surface area contributed by atoms with E-state index in [2.05, 4.69) is 9.93 Å². The number of rotatable bonds is 4. The average Bonchev–Trinajstić information content (AvgIpc) is 2.89. The van der Waals surface area contributed by atoms with Crippen molar-refractivity contribution in [3.05, 3.63) is 58.4 Å². The summed E-state index contributed by atoms with van der Waals surface area (Å²) in [7, 11) is -2.06. The minimum Gasteiger partial charge on any atom is -0.545 e. The summed E-state index contributed by atoms with van der Waals surface area (Å²) in [5.74, 6) is -1.27. The molecule has 0 atom stereocenters. The van der Waals surface area contributed by atoms with Crippen molar-refractivity contribution >= 4 is 37.5 Å². The molecule has 7 nitrogen and oxygen atoms in total. The molecule has 1 aromatic heterocycles. The summed E-state index contributed by atoms with van der Waals surface area (Å²) in [4.78, 5) is 13.7. The van der Waals surface area contributed by atoms with Gasteiger partial charge in [0.15, 0.2) is 0 Å². The third kappa shape index (κ3) is 4.18. The van der Waals surface area contributed by atoms with E-state index in [4.69, 9.17) is 0 Å². The number of carbonyl (C=O) groups excluding carboxylic acids is 1. The van der Waals surface area contributed by atoms with Crippen LogP contribution in [0.2, 0.25) is 0 Å². The molecule has 0 spiro atoms. The Morgan fingerprint density at radius 3 is 2.46 bits per heavy atom. The molecule has 1 N–H and O–H groups in total. The van der Waals surface area contributed by atoms with Crippen molar-refractivity contribution in [2.75, 3.05) is 0 Å². The largest absolute Gasteiger partial charge is 1.00 e. The van der Waals surface area contributed by atoms with Gasteiger partial charge in [-0.25, -0.2) is 0 Å². The number of nitrogens with zero attached hydrogens (tertiary/aromatic N) is 2. The maximum atomic E-state index is 12.3. The number of aryl methyl sites for hydroxylation is 2. The van der Waals surface area contributed by atoms with Gasteiger partial charge in [0.25, 0.3) is 10.0 Å². The summed E-state index contributed by atoms with van der Waals surface area (Å²) >= 11 is 1.17. The van der Waals surface area contributed by atoms with E-state index in [9.17, 15) is 18.3 Å². The molecule has 0 bridgehead atoms. The molecule has 3 aromatic rings. The van der Waals surface area contributed by atoms with Crippen LogP contribution in [0.3, 0.4) is 0 Å². The Hall–Kier alpha value is -1.65. The maximum Gasteiger partial charge on any atom is 1.00 e. The zero-order chi connectivity index (χ0) is 18.2. The van der Waals surface area contributed by atoms with Crippen LogP contribution in [0.5, 0.6) is 0 Å². The van der Waals surface area contributed by atoms with Gasteiger partial charge in [-0.3, -0.25) is 0 Å². The van der Waals surface area contributed by atoms with Crippen LogP contribution in [0.4, 0.5) is 0 Å². The molecule has 3 rings (SSSR count). The van der Waals surface area contributed by atoms with Gasteiger partial charge >= 0.3 is 29.6 Å². The van der Waals surface area contributed by atoms with E-state index in [1.807, 2.05) is 6.92 Å². The van der Waals surface area contributed by atoms with E-state index < -0.39 is 16.0 Å². The normalized spacial score (nSPS) is 12.0. The van der Waals surface area contributed by atoms with Gasteiger partial charge in [0.1, 0.15) is 0 Å². The minimum absolute atomic E-state index is 0. The Balaban J connectivity index is 0.00000243. The van der Waals surface area contributed by atoms with Gasteiger partial charge in [-0.1, -0.05) is 35.1 Å². The molecular formula is C16H14N3NaO4S2. The SMILES string of the molecule is Cc1ccc(S(=O)(=O)N/N=c2\sc3cc(C(=O)[O-])ccc3n2C)cc1.[Na+]. The number of benzene rings is 2. The van der Waals surface area contributed by atoms with E-state index in [1.165, 1.54) is 35.6 Å². The number of sulfonamides is 1. The Bertz CT molecular complexity index is 1130. The topological polar surface area (TPSA) is 104 Å². The van der Waals surface area contributed by atoms with Gasteiger partial charge in [0.2, 0.25) is 4.80 Å². The van der Waals surface area contributed by atoms with Crippen LogP contribution in [0.15, 0.2) is 52.5 Å². The maximum absolute atomic E-state index is 12.3. The third-order valence-corrected chi connectivity index (χ3v) is 5.96. The van der Waals surface area contributed by atoms with Crippen molar-refractivity contribution in [3.63, 3.8) is 0 Å². The van der Waals surface area contributed by atoms with E-state index in [0.717, 1.165) is 11.1 Å². The monoisotopic (exact) mass is 399 g/mol. The number of carboxylic acids is 1. The Morgan fingerprint density at radius 1 is 1.19 bits per heavy atom. The molecule has 0 aliphatic heterocycles. The fourth-order valence-electron chi connectivity index (χ4n) is 2.24. The van der Waals surface area contributed by atoms with Gasteiger partial charge in [0.05, 0.1) is 21.1 Å². The van der Waals surface area contributed by atoms with Crippen molar-refractivity contribution in [2.24, 2.45) is 12.1 Å². The molecule has 0 unspecified atom stereocenters. The first kappa shape index (κ1) is 20.7. The number of thiazole rings is 1. The predicted octanol–water partition coefficient (Wildman–Crippen LogP) is -2.29. The van der Waals surface area contributed by atoms with Crippen molar-refractivity contribution in [1.82, 2.24) is 9.40 Å². The molecule has 0 aliphatic carbocycles. The second-order valence-corrected chi connectivity index (χ2v) is 8.10. The molecular weight excluding hydrogens is 385 g/mol. The van der Waals surface area contributed by atoms with Gasteiger partial charge in [-0.05, 0) is 36.8 Å². The summed E-state index contributed by atoms with van der Waals surface area (Å²) in [5, 5.41) is 14.9. The van der Waals surface area contributed by atoms with E-state index >= 15 is 0 Å². The van der Waals surface area contributed by atoms with Gasteiger partial charge in [-0.2, -0.15) is 13.2 Å². The standard InChI is InChI=1S/C16H15N3O4S2.Na/c1-10-3-6-12(7-4-10)25(22,23)18-17-16-19(2)13-8-5-11(15(20)21)9-14(13)24-16;/h3-9,18H,1-2H3,(H,20,21);/q;+1/p-1/b17-16-;. The Kier molecular flexibility index (Phi) is 6.30. The summed E-state index contributed by atoms with van der Waals surface area (Å²) in [6.07, 6.45) is 0. The molecule has 130 valence electrons. The molecule has 0 radical (unpaired) electrons. The molecule has 10 heteroatoms. The van der Waals surface area contributed by atoms with E-state index in [-0.39, 0.29) is 40.0 Å². The fraction of sp³-hybridized carbons (Fsp3) is 0.125. The van der Waals surface area contributed by atoms with Crippen LogP contribution in [0.1, 0.15) is 15.9 Å². The number of carbonyl (C=O) groups is 1. The van der Waals surface area contributed by atoms with E-state index in [1.54, 1.807) is 29.8 Å². The zero-order valence-electron chi connectivity index (χ0n) is 14.4. The molecule has 0 fully saturated rings. The number of aromatic carboxylic acids is 1. The summed E-state index contributed by atoms with van der Waals surface area (Å²) in [6, 6.07) is 11.0. The molecule has 0 amide bonds. The second kappa shape index (κ2) is 7.93. The smallest absolute Gasteiger partial charge is 0.545 e. The van der Waals surface area contributed by atoms with Gasteiger partial charge in [-0.15, -0.1) is 5.10 Å². The van der Waals surface area contributed by atoms with Crippen LogP contribution in [-0.2, 0) is 17.1 Å². The van der Waals surface area contributed by atoms with E-state index in [0.29, 0.717) is 9.50 Å². The summed E-state index contributed by atoms with van der Waals surface area (Å²) in [5.41, 5.74) is 1.75. The number of fused-ring (bicyclic) bond motifs is 1. The zero-order valence-corrected chi connectivity index (χ0v) is 18.0. The van der Waals surface area contributed by atoms with Gasteiger partial charge in [0, 0.05) is 7.05 Å². The number of hydrogen-bond acceptors (Lipinski definition) is 6. The molecule has 0 saturated carbocycles. The van der Waals surface area contributed by atoms with Crippen LogP contribution >= 0.6 is 11.3 Å². The summed E-state index contributed by atoms with van der Waals surface area (Å²) in [6.45, 7) is 1.87. The van der Waals surface area contributed by atoms with Crippen molar-refractivity contribution in [2.45, 2.75) is 11.8 Å². The van der Waals surface area contributed by atoms with Crippen LogP contribution in [0.25, 0.3) is 10.2 Å². The first-order chi connectivity index (χ1) is 11.8. The van der Waals surface area contributed by atoms with Gasteiger partial charge < -0.3 is 14.5 Å². The Labute approximate surface area is 176 Å². The average molecular weight is 399 g/mol. The summed E-state index contributed by atoms with van der Waals surface area (Å²) < 4.78 is 26.9. The molecule has 2 aromatic carbocycles.